The minimum Gasteiger partial charge on any atom is -0.310 e. The Kier molecular flexibility index (Phi) is 6.53. The zero-order chi connectivity index (χ0) is 30.5. The molecule has 0 saturated heterocycles. The number of benzene rings is 6. The molecule has 0 spiro atoms. The van der Waals surface area contributed by atoms with Gasteiger partial charge in [0, 0.05) is 38.4 Å². The van der Waals surface area contributed by atoms with Crippen LogP contribution in [0.3, 0.4) is 0 Å². The summed E-state index contributed by atoms with van der Waals surface area (Å²) < 4.78 is 0. The fourth-order valence-electron chi connectivity index (χ4n) is 6.93. The summed E-state index contributed by atoms with van der Waals surface area (Å²) in [4.78, 5) is 13.9. The van der Waals surface area contributed by atoms with Gasteiger partial charge in [0.05, 0.1) is 22.8 Å². The lowest BCUT2D eigenvalue weighted by Crippen LogP contribution is -2.12. The van der Waals surface area contributed by atoms with Gasteiger partial charge in [-0.1, -0.05) is 127 Å². The molecule has 4 heteroatoms. The highest BCUT2D eigenvalue weighted by molar-refractivity contribution is 8.00. The molecule has 0 radical (unpaired) electrons. The molecule has 3 nitrogen and oxygen atoms in total. The first-order valence-corrected chi connectivity index (χ1v) is 16.5. The van der Waals surface area contributed by atoms with Crippen LogP contribution in [-0.2, 0) is 0 Å². The molecule has 0 N–H and O–H groups in total. The van der Waals surface area contributed by atoms with Gasteiger partial charge in [0.2, 0.25) is 0 Å². The summed E-state index contributed by atoms with van der Waals surface area (Å²) in [6.07, 6.45) is 0. The smallest absolute Gasteiger partial charge is 0.160 e. The molecule has 0 saturated carbocycles. The van der Waals surface area contributed by atoms with Crippen molar-refractivity contribution >= 4 is 28.8 Å². The van der Waals surface area contributed by atoms with Crippen LogP contribution in [0.2, 0.25) is 0 Å². The van der Waals surface area contributed by atoms with Gasteiger partial charge in [0.1, 0.15) is 0 Å². The van der Waals surface area contributed by atoms with Crippen molar-refractivity contribution in [1.29, 1.82) is 0 Å². The van der Waals surface area contributed by atoms with Crippen LogP contribution in [0, 0.1) is 0 Å². The Labute approximate surface area is 273 Å². The van der Waals surface area contributed by atoms with Crippen LogP contribution in [0.15, 0.2) is 169 Å². The molecular weight excluding hydrogens is 579 g/mol. The van der Waals surface area contributed by atoms with Gasteiger partial charge in [-0.15, -0.1) is 11.8 Å². The Morgan fingerprint density at radius 3 is 1.67 bits per heavy atom. The van der Waals surface area contributed by atoms with Crippen LogP contribution in [0.1, 0.15) is 27.9 Å². The zero-order valence-electron chi connectivity index (χ0n) is 25.0. The number of para-hydroxylation sites is 2. The Hall–Kier alpha value is -5.45. The van der Waals surface area contributed by atoms with E-state index in [2.05, 4.69) is 144 Å². The van der Waals surface area contributed by atoms with E-state index in [0.717, 1.165) is 39.6 Å². The maximum atomic E-state index is 5.06. The van der Waals surface area contributed by atoms with Gasteiger partial charge in [-0.3, -0.25) is 0 Å². The lowest BCUT2D eigenvalue weighted by Gasteiger charge is -2.28. The molecule has 0 aliphatic carbocycles. The molecule has 3 heterocycles. The van der Waals surface area contributed by atoms with E-state index in [4.69, 9.17) is 9.97 Å². The highest BCUT2D eigenvalue weighted by atomic mass is 32.2. The third-order valence-corrected chi connectivity index (χ3v) is 10.5. The molecule has 0 fully saturated rings. The van der Waals surface area contributed by atoms with Crippen LogP contribution >= 0.6 is 11.8 Å². The summed E-state index contributed by atoms with van der Waals surface area (Å²) in [6.45, 7) is 0. The van der Waals surface area contributed by atoms with Gasteiger partial charge in [-0.25, -0.2) is 9.97 Å². The van der Waals surface area contributed by atoms with Crippen molar-refractivity contribution in [2.45, 2.75) is 16.1 Å². The Bertz CT molecular complexity index is 2140. The number of aromatic nitrogens is 2. The molecule has 2 atom stereocenters. The fourth-order valence-corrected chi connectivity index (χ4v) is 8.45. The van der Waals surface area contributed by atoms with Crippen molar-refractivity contribution in [1.82, 2.24) is 9.97 Å². The van der Waals surface area contributed by atoms with Crippen LogP contribution in [0.4, 0.5) is 17.1 Å². The van der Waals surface area contributed by atoms with Crippen molar-refractivity contribution in [3.63, 3.8) is 0 Å². The minimum absolute atomic E-state index is 0.289. The van der Waals surface area contributed by atoms with E-state index in [1.165, 1.54) is 33.0 Å². The number of thioether (sulfide) groups is 1. The van der Waals surface area contributed by atoms with Crippen molar-refractivity contribution in [2.75, 3.05) is 4.90 Å². The Morgan fingerprint density at radius 1 is 0.457 bits per heavy atom. The molecule has 2 unspecified atom stereocenters. The number of rotatable bonds is 4. The largest absolute Gasteiger partial charge is 0.310 e. The Balaban J connectivity index is 1.17. The van der Waals surface area contributed by atoms with Crippen LogP contribution in [0.25, 0.3) is 33.9 Å². The summed E-state index contributed by atoms with van der Waals surface area (Å²) >= 11 is 1.99. The lowest BCUT2D eigenvalue weighted by molar-refractivity contribution is 0.808. The number of hydrogen-bond acceptors (Lipinski definition) is 4. The van der Waals surface area contributed by atoms with E-state index < -0.39 is 0 Å². The third-order valence-electron chi connectivity index (χ3n) is 9.06. The van der Waals surface area contributed by atoms with E-state index in [1.54, 1.807) is 0 Å². The molecule has 1 aromatic heterocycles. The SMILES string of the molecule is c1ccc(-c2cc(-c3ccc(N4c5ccccc5C5Sc6ccccc6C5c5ccccc54)cc3)nc(-c3ccccc3)n2)cc1. The monoisotopic (exact) mass is 607 g/mol. The van der Waals surface area contributed by atoms with Gasteiger partial charge in [0.25, 0.3) is 0 Å². The number of hydrogen-bond donors (Lipinski definition) is 0. The second kappa shape index (κ2) is 11.2. The molecular formula is C42H29N3S. The van der Waals surface area contributed by atoms with Gasteiger partial charge in [0.15, 0.2) is 5.82 Å². The maximum Gasteiger partial charge on any atom is 0.160 e. The first-order valence-electron chi connectivity index (χ1n) is 15.7. The summed E-state index contributed by atoms with van der Waals surface area (Å²) in [5, 5.41) is 0.313. The van der Waals surface area contributed by atoms with Gasteiger partial charge in [-0.05, 0) is 53.1 Å². The second-order valence-electron chi connectivity index (χ2n) is 11.7. The maximum absolute atomic E-state index is 5.06. The lowest BCUT2D eigenvalue weighted by atomic mass is 9.86. The number of fused-ring (bicyclic) bond motifs is 7. The molecule has 218 valence electrons. The predicted molar refractivity (Wildman–Crippen MR) is 190 cm³/mol. The molecule has 0 amide bonds. The summed E-state index contributed by atoms with van der Waals surface area (Å²) in [7, 11) is 0. The first kappa shape index (κ1) is 26.9. The van der Waals surface area contributed by atoms with Crippen molar-refractivity contribution in [3.8, 4) is 33.9 Å². The highest BCUT2D eigenvalue weighted by Crippen LogP contribution is 2.62. The van der Waals surface area contributed by atoms with Gasteiger partial charge in [-0.2, -0.15) is 0 Å². The molecule has 0 bridgehead atoms. The van der Waals surface area contributed by atoms with Crippen LogP contribution in [-0.4, -0.2) is 9.97 Å². The number of anilines is 3. The van der Waals surface area contributed by atoms with E-state index in [1.807, 2.05) is 36.0 Å². The predicted octanol–water partition coefficient (Wildman–Crippen LogP) is 11.2. The van der Waals surface area contributed by atoms with Crippen molar-refractivity contribution in [3.05, 3.63) is 180 Å². The Morgan fingerprint density at radius 2 is 0.978 bits per heavy atom. The van der Waals surface area contributed by atoms with E-state index in [0.29, 0.717) is 5.25 Å². The minimum atomic E-state index is 0.289. The fraction of sp³-hybridized carbons (Fsp3) is 0.0476. The quantitative estimate of drug-likeness (QED) is 0.199. The zero-order valence-corrected chi connectivity index (χ0v) is 25.8. The van der Waals surface area contributed by atoms with Crippen LogP contribution in [0.5, 0.6) is 0 Å². The third kappa shape index (κ3) is 4.53. The number of nitrogens with zero attached hydrogens (tertiary/aromatic N) is 3. The average Bonchev–Trinajstić information content (AvgIpc) is 3.47. The van der Waals surface area contributed by atoms with E-state index >= 15 is 0 Å². The summed E-state index contributed by atoms with van der Waals surface area (Å²) in [6, 6.07) is 58.3. The van der Waals surface area contributed by atoms with Gasteiger partial charge < -0.3 is 4.90 Å². The standard InChI is InChI=1S/C42H29N3S/c1-3-13-28(14-4-1)35-27-36(44-42(43-35)30-15-5-2-6-16-30)29-23-25-31(26-24-29)45-37-20-10-7-17-32(37)40-34-19-9-12-22-39(34)46-41(40)33-18-8-11-21-38(33)45/h1-27,40-41H. The topological polar surface area (TPSA) is 29.0 Å². The molecule has 2 aliphatic heterocycles. The molecule has 6 aromatic carbocycles. The van der Waals surface area contributed by atoms with Gasteiger partial charge >= 0.3 is 0 Å². The van der Waals surface area contributed by atoms with E-state index in [9.17, 15) is 0 Å². The average molecular weight is 608 g/mol. The first-order chi connectivity index (χ1) is 22.8. The summed E-state index contributed by atoms with van der Waals surface area (Å²) in [5.74, 6) is 1.01. The molecule has 46 heavy (non-hydrogen) atoms. The summed E-state index contributed by atoms with van der Waals surface area (Å²) in [5.41, 5.74) is 12.7. The highest BCUT2D eigenvalue weighted by Gasteiger charge is 2.41. The normalized spacial score (nSPS) is 16.1. The van der Waals surface area contributed by atoms with Crippen molar-refractivity contribution < 1.29 is 0 Å². The van der Waals surface area contributed by atoms with Crippen LogP contribution < -0.4 is 4.90 Å². The second-order valence-corrected chi connectivity index (χ2v) is 12.9. The molecule has 9 rings (SSSR count). The van der Waals surface area contributed by atoms with E-state index in [-0.39, 0.29) is 5.92 Å². The molecule has 7 aromatic rings. The van der Waals surface area contributed by atoms with Crippen molar-refractivity contribution in [2.24, 2.45) is 0 Å². The molecule has 2 aliphatic rings.